The molecule has 2 rings (SSSR count). The minimum Gasteiger partial charge on any atom is -0.494 e. The van der Waals surface area contributed by atoms with Crippen molar-refractivity contribution in [1.82, 2.24) is 9.78 Å². The molecule has 0 saturated carbocycles. The van der Waals surface area contributed by atoms with Crippen LogP contribution in [0, 0.1) is 0 Å². The summed E-state index contributed by atoms with van der Waals surface area (Å²) in [6.45, 7) is 4.82. The van der Waals surface area contributed by atoms with E-state index in [1.807, 2.05) is 42.1 Å². The minimum atomic E-state index is 0.506. The van der Waals surface area contributed by atoms with Crippen molar-refractivity contribution in [2.24, 2.45) is 0 Å². The summed E-state index contributed by atoms with van der Waals surface area (Å²) in [4.78, 5) is 0. The van der Waals surface area contributed by atoms with E-state index in [0.29, 0.717) is 12.5 Å². The van der Waals surface area contributed by atoms with Crippen LogP contribution in [0.1, 0.15) is 31.5 Å². The molecule has 0 spiro atoms. The van der Waals surface area contributed by atoms with Gasteiger partial charge >= 0.3 is 0 Å². The highest BCUT2D eigenvalue weighted by Crippen LogP contribution is 2.20. The highest BCUT2D eigenvalue weighted by atomic mass is 35.5. The van der Waals surface area contributed by atoms with E-state index in [1.165, 1.54) is 5.69 Å². The molecular weight excluding hydrogens is 260 g/mol. The Labute approximate surface area is 119 Å². The van der Waals surface area contributed by atoms with Crippen LogP contribution >= 0.6 is 11.6 Å². The van der Waals surface area contributed by atoms with E-state index >= 15 is 0 Å². The first-order chi connectivity index (χ1) is 9.30. The van der Waals surface area contributed by atoms with Crippen LogP contribution in [0.15, 0.2) is 30.5 Å². The van der Waals surface area contributed by atoms with Crippen molar-refractivity contribution in [1.29, 1.82) is 0 Å². The van der Waals surface area contributed by atoms with E-state index in [4.69, 9.17) is 16.3 Å². The Morgan fingerprint density at radius 2 is 1.95 bits per heavy atom. The molecule has 0 atom stereocenters. The van der Waals surface area contributed by atoms with Gasteiger partial charge in [0, 0.05) is 11.3 Å². The van der Waals surface area contributed by atoms with E-state index < -0.39 is 0 Å². The van der Waals surface area contributed by atoms with Gasteiger partial charge in [0.25, 0.3) is 0 Å². The number of halogens is 1. The summed E-state index contributed by atoms with van der Waals surface area (Å²) in [5.41, 5.74) is 3.35. The highest BCUT2D eigenvalue weighted by Gasteiger charge is 2.10. The van der Waals surface area contributed by atoms with Crippen molar-refractivity contribution in [2.75, 3.05) is 6.61 Å². The number of hydrogen-bond acceptors (Lipinski definition) is 2. The average molecular weight is 279 g/mol. The smallest absolute Gasteiger partial charge is 0.119 e. The standard InChI is InChI=1S/C15H19ClN2O/c1-3-5-15-12(10-16)11-17-18(15)13-6-8-14(9-7-13)19-4-2/h6-9,11H,3-5,10H2,1-2H3. The third-order valence-electron chi connectivity index (χ3n) is 2.98. The van der Waals surface area contributed by atoms with Gasteiger partial charge in [0.15, 0.2) is 0 Å². The number of nitrogens with zero attached hydrogens (tertiary/aromatic N) is 2. The molecule has 0 unspecified atom stereocenters. The van der Waals surface area contributed by atoms with E-state index in [9.17, 15) is 0 Å². The summed E-state index contributed by atoms with van der Waals surface area (Å²) in [7, 11) is 0. The SMILES string of the molecule is CCCc1c(CCl)cnn1-c1ccc(OCC)cc1. The monoisotopic (exact) mass is 278 g/mol. The molecular formula is C15H19ClN2O. The van der Waals surface area contributed by atoms with Crippen LogP contribution < -0.4 is 4.74 Å². The number of ether oxygens (including phenoxy) is 1. The predicted octanol–water partition coefficient (Wildman–Crippen LogP) is 3.96. The molecule has 1 aromatic heterocycles. The lowest BCUT2D eigenvalue weighted by Crippen LogP contribution is -2.03. The van der Waals surface area contributed by atoms with Gasteiger partial charge in [-0.15, -0.1) is 11.6 Å². The fourth-order valence-electron chi connectivity index (χ4n) is 2.10. The molecule has 0 bridgehead atoms. The molecule has 0 aliphatic carbocycles. The highest BCUT2D eigenvalue weighted by molar-refractivity contribution is 6.17. The van der Waals surface area contributed by atoms with Gasteiger partial charge in [0.2, 0.25) is 0 Å². The number of hydrogen-bond donors (Lipinski definition) is 0. The Bertz CT molecular complexity index is 519. The topological polar surface area (TPSA) is 27.1 Å². The summed E-state index contributed by atoms with van der Waals surface area (Å²) < 4.78 is 7.42. The van der Waals surface area contributed by atoms with Crippen LogP contribution in [0.4, 0.5) is 0 Å². The van der Waals surface area contributed by atoms with Gasteiger partial charge in [0.1, 0.15) is 5.75 Å². The summed E-state index contributed by atoms with van der Waals surface area (Å²) in [6, 6.07) is 7.98. The van der Waals surface area contributed by atoms with Crippen molar-refractivity contribution in [2.45, 2.75) is 32.6 Å². The molecule has 4 heteroatoms. The fraction of sp³-hybridized carbons (Fsp3) is 0.400. The number of rotatable bonds is 6. The summed E-state index contributed by atoms with van der Waals surface area (Å²) in [6.07, 6.45) is 3.91. The Balaban J connectivity index is 2.32. The molecule has 0 fully saturated rings. The van der Waals surface area contributed by atoms with E-state index in [2.05, 4.69) is 12.0 Å². The lowest BCUT2D eigenvalue weighted by atomic mass is 10.2. The molecule has 3 nitrogen and oxygen atoms in total. The van der Waals surface area contributed by atoms with Crippen LogP contribution in [0.3, 0.4) is 0 Å². The van der Waals surface area contributed by atoms with E-state index in [0.717, 1.165) is 29.8 Å². The van der Waals surface area contributed by atoms with Crippen LogP contribution in [-0.2, 0) is 12.3 Å². The molecule has 2 aromatic rings. The second-order valence-electron chi connectivity index (χ2n) is 4.34. The molecule has 19 heavy (non-hydrogen) atoms. The Morgan fingerprint density at radius 1 is 1.21 bits per heavy atom. The second kappa shape index (κ2) is 6.62. The second-order valence-corrected chi connectivity index (χ2v) is 4.61. The number of aromatic nitrogens is 2. The van der Waals surface area contributed by atoms with Gasteiger partial charge in [-0.1, -0.05) is 13.3 Å². The van der Waals surface area contributed by atoms with Crippen molar-refractivity contribution in [3.8, 4) is 11.4 Å². The normalized spacial score (nSPS) is 10.7. The minimum absolute atomic E-state index is 0.506. The maximum atomic E-state index is 5.96. The molecule has 0 N–H and O–H groups in total. The van der Waals surface area contributed by atoms with Gasteiger partial charge in [-0.25, -0.2) is 4.68 Å². The van der Waals surface area contributed by atoms with Crippen molar-refractivity contribution < 1.29 is 4.74 Å². The molecule has 1 aromatic carbocycles. The lowest BCUT2D eigenvalue weighted by Gasteiger charge is -2.09. The van der Waals surface area contributed by atoms with Gasteiger partial charge in [0.05, 0.1) is 24.4 Å². The maximum absolute atomic E-state index is 5.96. The van der Waals surface area contributed by atoms with Crippen LogP contribution in [0.2, 0.25) is 0 Å². The molecule has 0 saturated heterocycles. The molecule has 0 aliphatic rings. The first-order valence-corrected chi connectivity index (χ1v) is 7.18. The summed E-state index contributed by atoms with van der Waals surface area (Å²) >= 11 is 5.96. The van der Waals surface area contributed by atoms with Gasteiger partial charge in [-0.05, 0) is 37.6 Å². The predicted molar refractivity (Wildman–Crippen MR) is 78.3 cm³/mol. The zero-order valence-corrected chi connectivity index (χ0v) is 12.2. The van der Waals surface area contributed by atoms with Gasteiger partial charge < -0.3 is 4.74 Å². The Morgan fingerprint density at radius 3 is 2.53 bits per heavy atom. The summed E-state index contributed by atoms with van der Waals surface area (Å²) in [5.74, 6) is 1.39. The quantitative estimate of drug-likeness (QED) is 0.748. The Hall–Kier alpha value is -1.48. The van der Waals surface area contributed by atoms with Crippen molar-refractivity contribution in [3.05, 3.63) is 41.7 Å². The number of alkyl halides is 1. The van der Waals surface area contributed by atoms with E-state index in [1.54, 1.807) is 0 Å². The maximum Gasteiger partial charge on any atom is 0.119 e. The largest absolute Gasteiger partial charge is 0.494 e. The zero-order chi connectivity index (χ0) is 13.7. The Kier molecular flexibility index (Phi) is 4.86. The van der Waals surface area contributed by atoms with Crippen LogP contribution in [0.25, 0.3) is 5.69 Å². The third kappa shape index (κ3) is 3.10. The average Bonchev–Trinajstić information content (AvgIpc) is 2.83. The van der Waals surface area contributed by atoms with Gasteiger partial charge in [-0.2, -0.15) is 5.10 Å². The van der Waals surface area contributed by atoms with Crippen molar-refractivity contribution in [3.63, 3.8) is 0 Å². The molecule has 102 valence electrons. The first kappa shape index (κ1) is 13.9. The summed E-state index contributed by atoms with van der Waals surface area (Å²) in [5, 5.41) is 4.44. The molecule has 0 aliphatic heterocycles. The van der Waals surface area contributed by atoms with Crippen LogP contribution in [0.5, 0.6) is 5.75 Å². The molecule has 1 heterocycles. The first-order valence-electron chi connectivity index (χ1n) is 6.65. The fourth-order valence-corrected chi connectivity index (χ4v) is 2.32. The van der Waals surface area contributed by atoms with Crippen LogP contribution in [-0.4, -0.2) is 16.4 Å². The molecule has 0 radical (unpaired) electrons. The van der Waals surface area contributed by atoms with Gasteiger partial charge in [-0.3, -0.25) is 0 Å². The van der Waals surface area contributed by atoms with Crippen molar-refractivity contribution >= 4 is 11.6 Å². The molecule has 0 amide bonds. The van der Waals surface area contributed by atoms with E-state index in [-0.39, 0.29) is 0 Å². The zero-order valence-electron chi connectivity index (χ0n) is 11.4. The number of benzene rings is 1. The lowest BCUT2D eigenvalue weighted by molar-refractivity contribution is 0.340. The third-order valence-corrected chi connectivity index (χ3v) is 3.27.